The number of hydrogen-bond acceptors (Lipinski definition) is 13. The van der Waals surface area contributed by atoms with Gasteiger partial charge in [-0.15, -0.1) is 0 Å². The average Bonchev–Trinajstić information content (AvgIpc) is 3.35. The van der Waals surface area contributed by atoms with E-state index in [1.165, 1.54) is 0 Å². The number of nitrogens with one attached hydrogen (secondary N) is 1. The Balaban J connectivity index is 1.72. The summed E-state index contributed by atoms with van der Waals surface area (Å²) in [5.41, 5.74) is 0. The molecule has 0 aromatic heterocycles. The van der Waals surface area contributed by atoms with Gasteiger partial charge in [0, 0.05) is 6.42 Å². The second-order valence-corrected chi connectivity index (χ2v) is 17.6. The van der Waals surface area contributed by atoms with Crippen LogP contribution in [0.2, 0.25) is 0 Å². The van der Waals surface area contributed by atoms with Crippen LogP contribution in [0.4, 0.5) is 0 Å². The van der Waals surface area contributed by atoms with E-state index in [1.807, 2.05) is 6.08 Å². The van der Waals surface area contributed by atoms with E-state index in [9.17, 15) is 45.6 Å². The van der Waals surface area contributed by atoms with Crippen LogP contribution in [0.25, 0.3) is 0 Å². The first kappa shape index (κ1) is 61.8. The number of unbranched alkanes of at least 4 members (excludes halogenated alkanes) is 6. The van der Waals surface area contributed by atoms with E-state index in [4.69, 9.17) is 18.9 Å². The highest BCUT2D eigenvalue weighted by Crippen LogP contribution is 2.30. The fourth-order valence-corrected chi connectivity index (χ4v) is 7.59. The van der Waals surface area contributed by atoms with Gasteiger partial charge in [0.25, 0.3) is 0 Å². The summed E-state index contributed by atoms with van der Waals surface area (Å²) in [4.78, 5) is 13.1. The lowest BCUT2D eigenvalue weighted by molar-refractivity contribution is -0.359. The number of rotatable bonds is 37. The van der Waals surface area contributed by atoms with Crippen molar-refractivity contribution in [2.24, 2.45) is 0 Å². The maximum atomic E-state index is 13.1. The molecule has 2 aliphatic rings. The second kappa shape index (κ2) is 40.3. The third-order valence-corrected chi connectivity index (χ3v) is 11.8. The Labute approximate surface area is 413 Å². The molecular weight excluding hydrogens is 883 g/mol. The van der Waals surface area contributed by atoms with Gasteiger partial charge in [0.15, 0.2) is 12.6 Å². The van der Waals surface area contributed by atoms with Gasteiger partial charge < -0.3 is 65.1 Å². The zero-order valence-electron chi connectivity index (χ0n) is 41.5. The molecule has 1 amide bonds. The lowest BCUT2D eigenvalue weighted by atomic mass is 9.97. The van der Waals surface area contributed by atoms with E-state index < -0.39 is 86.8 Å². The Morgan fingerprint density at radius 2 is 0.986 bits per heavy atom. The molecule has 69 heavy (non-hydrogen) atoms. The molecule has 2 saturated heterocycles. The van der Waals surface area contributed by atoms with E-state index >= 15 is 0 Å². The molecule has 0 radical (unpaired) electrons. The van der Waals surface area contributed by atoms with Crippen molar-refractivity contribution in [1.82, 2.24) is 5.32 Å². The first-order valence-electron chi connectivity index (χ1n) is 25.6. The number of ether oxygens (including phenoxy) is 4. The SMILES string of the molecule is CC/C=C\C/C=C\C/C=C\C/C=C\C/C=C\C/C=C\C/C=C\C/C=C\C/C=C\CCCC(=O)NC(COC1OC(CO)C(OC2OC(CO)C(O)C(O)C2O)C(O)C1O)C(O)CCCCCCCC. The van der Waals surface area contributed by atoms with Gasteiger partial charge in [-0.1, -0.05) is 162 Å². The van der Waals surface area contributed by atoms with Crippen molar-refractivity contribution < 1.29 is 64.6 Å². The highest BCUT2D eigenvalue weighted by atomic mass is 16.7. The normalized spacial score (nSPS) is 27.1. The molecule has 392 valence electrons. The summed E-state index contributed by atoms with van der Waals surface area (Å²) in [7, 11) is 0. The third-order valence-electron chi connectivity index (χ3n) is 11.8. The van der Waals surface area contributed by atoms with Crippen LogP contribution in [0.3, 0.4) is 0 Å². The van der Waals surface area contributed by atoms with E-state index in [1.54, 1.807) is 0 Å². The van der Waals surface area contributed by atoms with Gasteiger partial charge in [-0.25, -0.2) is 0 Å². The van der Waals surface area contributed by atoms with Gasteiger partial charge in [0.05, 0.1) is 32.0 Å². The summed E-state index contributed by atoms with van der Waals surface area (Å²) < 4.78 is 22.6. The standard InChI is InChI=1S/C55H89NO13/c1-3-5-7-9-11-12-13-14-15-16-17-18-19-20-21-22-23-24-25-26-27-28-29-30-31-32-33-35-37-39-47(60)56-43(44(59)38-36-34-10-8-6-4-2)42-66-54-52(65)50(63)53(46(41-58)68-54)69-55-51(64)49(62)48(61)45(40-57)67-55/h5,7,11-12,14-15,17-18,20-21,23-24,26-27,29-30,32-33,43-46,48-55,57-59,61-65H,3-4,6,8-10,13,16,19,22,25,28,31,34-42H2,1-2H3,(H,56,60)/b7-5-,12-11-,15-14-,18-17-,21-20-,24-23-,27-26-,30-29-,33-32-. The van der Waals surface area contributed by atoms with E-state index in [0.29, 0.717) is 19.3 Å². The van der Waals surface area contributed by atoms with Crippen LogP contribution >= 0.6 is 0 Å². The molecule has 0 saturated carbocycles. The molecule has 2 rings (SSSR count). The Bertz CT molecular complexity index is 1570. The summed E-state index contributed by atoms with van der Waals surface area (Å²) in [6, 6.07) is -0.864. The molecule has 0 bridgehead atoms. The number of hydrogen-bond donors (Lipinski definition) is 9. The van der Waals surface area contributed by atoms with Gasteiger partial charge in [-0.3, -0.25) is 4.79 Å². The number of amides is 1. The van der Waals surface area contributed by atoms with E-state index in [0.717, 1.165) is 96.3 Å². The lowest BCUT2D eigenvalue weighted by Gasteiger charge is -2.46. The van der Waals surface area contributed by atoms with Crippen LogP contribution in [0, 0.1) is 0 Å². The quantitative estimate of drug-likeness (QED) is 0.0228. The molecule has 2 fully saturated rings. The summed E-state index contributed by atoms with van der Waals surface area (Å²) in [6.07, 6.45) is 38.6. The molecule has 14 heteroatoms. The molecule has 0 aliphatic carbocycles. The van der Waals surface area contributed by atoms with Gasteiger partial charge in [0.1, 0.15) is 48.8 Å². The van der Waals surface area contributed by atoms with Crippen molar-refractivity contribution in [3.05, 3.63) is 109 Å². The largest absolute Gasteiger partial charge is 0.394 e. The number of carbonyl (C=O) groups excluding carboxylic acids is 1. The van der Waals surface area contributed by atoms with Gasteiger partial charge in [0.2, 0.25) is 5.91 Å². The summed E-state index contributed by atoms with van der Waals surface area (Å²) >= 11 is 0. The van der Waals surface area contributed by atoms with Crippen LogP contribution in [-0.4, -0.2) is 140 Å². The zero-order valence-corrected chi connectivity index (χ0v) is 41.5. The van der Waals surface area contributed by atoms with Crippen molar-refractivity contribution >= 4 is 5.91 Å². The lowest BCUT2D eigenvalue weighted by Crippen LogP contribution is -2.65. The van der Waals surface area contributed by atoms with E-state index in [2.05, 4.69) is 122 Å². The summed E-state index contributed by atoms with van der Waals surface area (Å²) in [5, 5.41) is 86.4. The number of allylic oxidation sites excluding steroid dienone is 18. The highest BCUT2D eigenvalue weighted by molar-refractivity contribution is 5.76. The maximum absolute atomic E-state index is 13.1. The first-order chi connectivity index (χ1) is 33.6. The van der Waals surface area contributed by atoms with Crippen molar-refractivity contribution in [3.63, 3.8) is 0 Å². The molecule has 2 aliphatic heterocycles. The molecule has 12 unspecified atom stereocenters. The maximum Gasteiger partial charge on any atom is 0.220 e. The van der Waals surface area contributed by atoms with Crippen molar-refractivity contribution in [2.75, 3.05) is 19.8 Å². The van der Waals surface area contributed by atoms with Crippen molar-refractivity contribution in [3.8, 4) is 0 Å². The number of aliphatic hydroxyl groups is 8. The third kappa shape index (κ3) is 27.2. The summed E-state index contributed by atoms with van der Waals surface area (Å²) in [5.74, 6) is -0.277. The molecular formula is C55H89NO13. The molecule has 14 nitrogen and oxygen atoms in total. The molecule has 0 spiro atoms. The average molecular weight is 972 g/mol. The Morgan fingerprint density at radius 3 is 1.48 bits per heavy atom. The fourth-order valence-electron chi connectivity index (χ4n) is 7.59. The highest BCUT2D eigenvalue weighted by Gasteiger charge is 2.51. The van der Waals surface area contributed by atoms with Gasteiger partial charge >= 0.3 is 0 Å². The number of aliphatic hydroxyl groups excluding tert-OH is 8. The second-order valence-electron chi connectivity index (χ2n) is 17.6. The van der Waals surface area contributed by atoms with Crippen molar-refractivity contribution in [2.45, 2.75) is 209 Å². The monoisotopic (exact) mass is 972 g/mol. The molecule has 9 N–H and O–H groups in total. The smallest absolute Gasteiger partial charge is 0.220 e. The minimum atomic E-state index is -1.79. The van der Waals surface area contributed by atoms with Crippen LogP contribution in [-0.2, 0) is 23.7 Å². The predicted molar refractivity (Wildman–Crippen MR) is 272 cm³/mol. The Kier molecular flexibility index (Phi) is 36.0. The number of carbonyl (C=O) groups is 1. The van der Waals surface area contributed by atoms with Gasteiger partial charge in [-0.05, 0) is 77.0 Å². The minimum absolute atomic E-state index is 0.215. The molecule has 0 aromatic rings. The van der Waals surface area contributed by atoms with Crippen LogP contribution in [0.15, 0.2) is 109 Å². The van der Waals surface area contributed by atoms with Crippen molar-refractivity contribution in [1.29, 1.82) is 0 Å². The van der Waals surface area contributed by atoms with Gasteiger partial charge in [-0.2, -0.15) is 0 Å². The zero-order chi connectivity index (χ0) is 50.3. The summed E-state index contributed by atoms with van der Waals surface area (Å²) in [6.45, 7) is 2.58. The Hall–Kier alpha value is -3.35. The Morgan fingerprint density at radius 1 is 0.536 bits per heavy atom. The molecule has 2 heterocycles. The minimum Gasteiger partial charge on any atom is -0.394 e. The van der Waals surface area contributed by atoms with Crippen LogP contribution in [0.1, 0.15) is 136 Å². The van der Waals surface area contributed by atoms with Crippen LogP contribution < -0.4 is 5.32 Å². The van der Waals surface area contributed by atoms with Crippen LogP contribution in [0.5, 0.6) is 0 Å². The fraction of sp³-hybridized carbons (Fsp3) is 0.655. The molecule has 12 atom stereocenters. The topological polar surface area (TPSA) is 228 Å². The molecule has 0 aromatic carbocycles. The predicted octanol–water partition coefficient (Wildman–Crippen LogP) is 6.93. The van der Waals surface area contributed by atoms with E-state index in [-0.39, 0.29) is 18.9 Å². The first-order valence-corrected chi connectivity index (χ1v) is 25.6.